The van der Waals surface area contributed by atoms with Gasteiger partial charge in [-0.2, -0.15) is 15.0 Å². The van der Waals surface area contributed by atoms with Crippen LogP contribution >= 0.6 is 11.6 Å². The van der Waals surface area contributed by atoms with E-state index in [0.717, 1.165) is 19.3 Å². The highest BCUT2D eigenvalue weighted by Gasteiger charge is 2.10. The van der Waals surface area contributed by atoms with Crippen LogP contribution in [0.3, 0.4) is 0 Å². The minimum absolute atomic E-state index is 0.150. The molecule has 0 saturated heterocycles. The highest BCUT2D eigenvalue weighted by molar-refractivity contribution is 6.28. The number of ether oxygens (including phenoxy) is 1. The van der Waals surface area contributed by atoms with Crippen molar-refractivity contribution in [3.8, 4) is 6.01 Å². The average molecular weight is 259 g/mol. The standard InChI is InChI=1S/C11H19ClN4O/c1-4-7-8(5-2)13-10-14-9(12)15-11(16-10)17-6-3/h8H,4-7H2,1-3H3,(H,13,14,15,16). The van der Waals surface area contributed by atoms with Crippen molar-refractivity contribution in [1.29, 1.82) is 0 Å². The zero-order chi connectivity index (χ0) is 12.7. The molecule has 0 spiro atoms. The molecule has 96 valence electrons. The summed E-state index contributed by atoms with van der Waals surface area (Å²) in [7, 11) is 0. The quantitative estimate of drug-likeness (QED) is 0.815. The van der Waals surface area contributed by atoms with Crippen molar-refractivity contribution in [3.63, 3.8) is 0 Å². The fourth-order valence-electron chi connectivity index (χ4n) is 1.50. The van der Waals surface area contributed by atoms with E-state index < -0.39 is 0 Å². The van der Waals surface area contributed by atoms with Crippen LogP contribution in [0.5, 0.6) is 6.01 Å². The molecule has 1 rings (SSSR count). The van der Waals surface area contributed by atoms with Gasteiger partial charge in [0.25, 0.3) is 0 Å². The van der Waals surface area contributed by atoms with Crippen LogP contribution in [-0.4, -0.2) is 27.6 Å². The van der Waals surface area contributed by atoms with Crippen molar-refractivity contribution in [1.82, 2.24) is 15.0 Å². The SMILES string of the molecule is CCCC(CC)Nc1nc(Cl)nc(OCC)n1. The Morgan fingerprint density at radius 1 is 1.24 bits per heavy atom. The van der Waals surface area contributed by atoms with Crippen LogP contribution in [0.25, 0.3) is 0 Å². The van der Waals surface area contributed by atoms with Gasteiger partial charge >= 0.3 is 6.01 Å². The highest BCUT2D eigenvalue weighted by atomic mass is 35.5. The number of nitrogens with zero attached hydrogens (tertiary/aromatic N) is 3. The van der Waals surface area contributed by atoms with Gasteiger partial charge in [0.1, 0.15) is 0 Å². The lowest BCUT2D eigenvalue weighted by molar-refractivity contribution is 0.311. The van der Waals surface area contributed by atoms with Crippen molar-refractivity contribution < 1.29 is 4.74 Å². The fourth-order valence-corrected chi connectivity index (χ4v) is 1.65. The lowest BCUT2D eigenvalue weighted by Gasteiger charge is -2.16. The number of aromatic nitrogens is 3. The zero-order valence-corrected chi connectivity index (χ0v) is 11.3. The molecule has 0 aliphatic rings. The number of anilines is 1. The molecular weight excluding hydrogens is 240 g/mol. The Balaban J connectivity index is 2.75. The van der Waals surface area contributed by atoms with Gasteiger partial charge in [-0.05, 0) is 31.4 Å². The van der Waals surface area contributed by atoms with E-state index in [4.69, 9.17) is 16.3 Å². The smallest absolute Gasteiger partial charge is 0.322 e. The predicted molar refractivity (Wildman–Crippen MR) is 68.6 cm³/mol. The minimum atomic E-state index is 0.150. The number of halogens is 1. The van der Waals surface area contributed by atoms with Gasteiger partial charge in [0.05, 0.1) is 6.61 Å². The molecule has 1 aromatic rings. The first-order valence-electron chi connectivity index (χ1n) is 6.00. The van der Waals surface area contributed by atoms with Crippen LogP contribution in [0, 0.1) is 0 Å². The Hall–Kier alpha value is -1.10. The maximum Gasteiger partial charge on any atom is 0.322 e. The maximum atomic E-state index is 5.81. The summed E-state index contributed by atoms with van der Waals surface area (Å²) in [6.07, 6.45) is 3.20. The molecule has 1 aromatic heterocycles. The van der Waals surface area contributed by atoms with Crippen LogP contribution in [0.4, 0.5) is 5.95 Å². The second-order valence-corrected chi connectivity index (χ2v) is 4.02. The van der Waals surface area contributed by atoms with Gasteiger partial charge in [-0.25, -0.2) is 0 Å². The molecule has 0 aromatic carbocycles. The molecule has 0 saturated carbocycles. The number of nitrogens with one attached hydrogen (secondary N) is 1. The van der Waals surface area contributed by atoms with Gasteiger partial charge in [0.15, 0.2) is 0 Å². The molecule has 5 nitrogen and oxygen atoms in total. The van der Waals surface area contributed by atoms with Gasteiger partial charge in [0, 0.05) is 6.04 Å². The second-order valence-electron chi connectivity index (χ2n) is 3.68. The summed E-state index contributed by atoms with van der Waals surface area (Å²) in [6, 6.07) is 0.620. The molecule has 6 heteroatoms. The topological polar surface area (TPSA) is 59.9 Å². The van der Waals surface area contributed by atoms with Gasteiger partial charge in [-0.15, -0.1) is 0 Å². The van der Waals surface area contributed by atoms with Gasteiger partial charge < -0.3 is 10.1 Å². The van der Waals surface area contributed by atoms with Gasteiger partial charge in [0.2, 0.25) is 11.2 Å². The maximum absolute atomic E-state index is 5.81. The van der Waals surface area contributed by atoms with Crippen molar-refractivity contribution >= 4 is 17.5 Å². The van der Waals surface area contributed by atoms with E-state index in [1.54, 1.807) is 0 Å². The van der Waals surface area contributed by atoms with Gasteiger partial charge in [-0.1, -0.05) is 20.3 Å². The lowest BCUT2D eigenvalue weighted by Crippen LogP contribution is -2.20. The average Bonchev–Trinajstić information content (AvgIpc) is 2.28. The summed E-state index contributed by atoms with van der Waals surface area (Å²) in [5.74, 6) is 0.480. The van der Waals surface area contributed by atoms with E-state index >= 15 is 0 Å². The molecule has 0 aliphatic carbocycles. The van der Waals surface area contributed by atoms with E-state index in [1.807, 2.05) is 6.92 Å². The largest absolute Gasteiger partial charge is 0.464 e. The Morgan fingerprint density at radius 2 is 2.00 bits per heavy atom. The summed E-state index contributed by atoms with van der Waals surface area (Å²) in [4.78, 5) is 12.1. The summed E-state index contributed by atoms with van der Waals surface area (Å²) < 4.78 is 5.22. The summed E-state index contributed by atoms with van der Waals surface area (Å²) in [6.45, 7) is 6.65. The molecule has 0 fully saturated rings. The van der Waals surface area contributed by atoms with E-state index in [0.29, 0.717) is 18.6 Å². The van der Waals surface area contributed by atoms with Crippen LogP contribution in [-0.2, 0) is 0 Å². The Labute approximate surface area is 107 Å². The van der Waals surface area contributed by atoms with Crippen molar-refractivity contribution in [2.75, 3.05) is 11.9 Å². The Morgan fingerprint density at radius 3 is 2.59 bits per heavy atom. The fraction of sp³-hybridized carbons (Fsp3) is 0.727. The van der Waals surface area contributed by atoms with Crippen LogP contribution in [0.15, 0.2) is 0 Å². The Bertz CT molecular complexity index is 348. The monoisotopic (exact) mass is 258 g/mol. The Kier molecular flexibility index (Phi) is 5.97. The van der Waals surface area contributed by atoms with Crippen LogP contribution in [0.2, 0.25) is 5.28 Å². The molecule has 0 radical (unpaired) electrons. The van der Waals surface area contributed by atoms with Crippen LogP contribution in [0.1, 0.15) is 40.0 Å². The summed E-state index contributed by atoms with van der Waals surface area (Å²) >= 11 is 5.81. The van der Waals surface area contributed by atoms with E-state index in [9.17, 15) is 0 Å². The van der Waals surface area contributed by atoms with Crippen molar-refractivity contribution in [2.24, 2.45) is 0 Å². The molecular formula is C11H19ClN4O. The third-order valence-electron chi connectivity index (χ3n) is 2.32. The summed E-state index contributed by atoms with van der Waals surface area (Å²) in [5.41, 5.74) is 0. The van der Waals surface area contributed by atoms with Crippen molar-refractivity contribution in [3.05, 3.63) is 5.28 Å². The first-order chi connectivity index (χ1) is 8.19. The van der Waals surface area contributed by atoms with Crippen molar-refractivity contribution in [2.45, 2.75) is 46.1 Å². The number of rotatable bonds is 7. The van der Waals surface area contributed by atoms with Gasteiger partial charge in [-0.3, -0.25) is 0 Å². The molecule has 17 heavy (non-hydrogen) atoms. The minimum Gasteiger partial charge on any atom is -0.464 e. The third kappa shape index (κ3) is 4.73. The second kappa shape index (κ2) is 7.27. The van der Waals surface area contributed by atoms with E-state index in [-0.39, 0.29) is 11.3 Å². The predicted octanol–water partition coefficient (Wildman–Crippen LogP) is 2.91. The third-order valence-corrected chi connectivity index (χ3v) is 2.49. The van der Waals surface area contributed by atoms with Crippen LogP contribution < -0.4 is 10.1 Å². The molecule has 0 amide bonds. The summed E-state index contributed by atoms with van der Waals surface area (Å²) in [5, 5.41) is 3.39. The lowest BCUT2D eigenvalue weighted by atomic mass is 10.1. The molecule has 1 unspecified atom stereocenters. The molecule has 0 bridgehead atoms. The molecule has 1 heterocycles. The first kappa shape index (κ1) is 14.0. The number of hydrogen-bond donors (Lipinski definition) is 1. The molecule has 1 atom stereocenters. The molecule has 0 aliphatic heterocycles. The van der Waals surface area contributed by atoms with E-state index in [2.05, 4.69) is 34.1 Å². The van der Waals surface area contributed by atoms with E-state index in [1.165, 1.54) is 0 Å². The highest BCUT2D eigenvalue weighted by Crippen LogP contribution is 2.14. The molecule has 1 N–H and O–H groups in total. The number of hydrogen-bond acceptors (Lipinski definition) is 5. The first-order valence-corrected chi connectivity index (χ1v) is 6.38. The normalized spacial score (nSPS) is 12.2. The zero-order valence-electron chi connectivity index (χ0n) is 10.5.